The van der Waals surface area contributed by atoms with Gasteiger partial charge < -0.3 is 21.5 Å². The number of rotatable bonds is 4. The van der Waals surface area contributed by atoms with Gasteiger partial charge in [-0.1, -0.05) is 48.0 Å². The molecule has 0 fully saturated rings. The van der Waals surface area contributed by atoms with E-state index in [1.807, 2.05) is 61.7 Å². The highest BCUT2D eigenvalue weighted by molar-refractivity contribution is 5.98. The second-order valence-electron chi connectivity index (χ2n) is 7.22. The molecule has 0 saturated carbocycles. The summed E-state index contributed by atoms with van der Waals surface area (Å²) in [5, 5.41) is 24.0. The third kappa shape index (κ3) is 3.83. The molecule has 2 aromatic carbocycles. The molecule has 6 N–H and O–H groups in total. The van der Waals surface area contributed by atoms with E-state index in [4.69, 9.17) is 21.5 Å². The lowest BCUT2D eigenvalue weighted by molar-refractivity contribution is 0.302. The lowest BCUT2D eigenvalue weighted by atomic mass is 9.94. The molecule has 0 aliphatic carbocycles. The van der Waals surface area contributed by atoms with Crippen LogP contribution in [0.15, 0.2) is 53.5 Å². The van der Waals surface area contributed by atoms with Crippen LogP contribution in [-0.4, -0.2) is 10.9 Å². The van der Waals surface area contributed by atoms with Crippen molar-refractivity contribution >= 4 is 23.3 Å². The van der Waals surface area contributed by atoms with Gasteiger partial charge in [-0.2, -0.15) is 10.5 Å². The fraction of sp³-hybridized carbons (Fsp3) is 0.130. The molecule has 0 saturated heterocycles. The van der Waals surface area contributed by atoms with Crippen LogP contribution >= 0.6 is 0 Å². The summed E-state index contributed by atoms with van der Waals surface area (Å²) in [4.78, 5) is 8.88. The van der Waals surface area contributed by atoms with E-state index < -0.39 is 6.04 Å². The number of para-hydroxylation sites is 1. The van der Waals surface area contributed by atoms with Gasteiger partial charge in [-0.15, -0.1) is 0 Å². The summed E-state index contributed by atoms with van der Waals surface area (Å²) >= 11 is 0. The molecule has 32 heavy (non-hydrogen) atoms. The van der Waals surface area contributed by atoms with Crippen LogP contribution in [0.25, 0.3) is 0 Å². The van der Waals surface area contributed by atoms with E-state index in [1.165, 1.54) is 0 Å². The Kier molecular flexibility index (Phi) is 5.47. The number of nitriles is 2. The first-order valence-corrected chi connectivity index (χ1v) is 9.78. The molecule has 0 amide bonds. The second-order valence-corrected chi connectivity index (χ2v) is 7.22. The molecule has 1 unspecified atom stereocenters. The number of guanidine groups is 1. The van der Waals surface area contributed by atoms with Crippen molar-refractivity contribution in [3.63, 3.8) is 0 Å². The van der Waals surface area contributed by atoms with Crippen molar-refractivity contribution in [2.45, 2.75) is 19.6 Å². The summed E-state index contributed by atoms with van der Waals surface area (Å²) in [5.41, 5.74) is 15.9. The summed E-state index contributed by atoms with van der Waals surface area (Å²) in [7, 11) is 0. The Labute approximate surface area is 185 Å². The van der Waals surface area contributed by atoms with E-state index in [1.54, 1.807) is 0 Å². The maximum absolute atomic E-state index is 9.49. The number of ether oxygens (including phenoxy) is 1. The molecule has 3 aromatic rings. The molecule has 0 spiro atoms. The Morgan fingerprint density at radius 3 is 2.72 bits per heavy atom. The van der Waals surface area contributed by atoms with Crippen LogP contribution < -0.4 is 26.8 Å². The van der Waals surface area contributed by atoms with Crippen LogP contribution in [0.1, 0.15) is 33.9 Å². The van der Waals surface area contributed by atoms with Crippen LogP contribution in [-0.2, 0) is 6.61 Å². The van der Waals surface area contributed by atoms with Crippen LogP contribution in [0.5, 0.6) is 5.75 Å². The monoisotopic (exact) mass is 424 g/mol. The first kappa shape index (κ1) is 20.5. The quantitative estimate of drug-likeness (QED) is 0.367. The zero-order chi connectivity index (χ0) is 22.7. The zero-order valence-electron chi connectivity index (χ0n) is 17.3. The second kappa shape index (κ2) is 8.54. The van der Waals surface area contributed by atoms with Gasteiger partial charge in [0.1, 0.15) is 41.7 Å². The molecule has 9 nitrogen and oxygen atoms in total. The average Bonchev–Trinajstić information content (AvgIpc) is 2.78. The molecule has 158 valence electrons. The van der Waals surface area contributed by atoms with Crippen LogP contribution in [0.3, 0.4) is 0 Å². The first-order valence-electron chi connectivity index (χ1n) is 9.78. The van der Waals surface area contributed by atoms with Crippen LogP contribution in [0.4, 0.5) is 17.3 Å². The number of aliphatic imine (C=N–C) groups is 1. The number of fused-ring (bicyclic) bond motifs is 1. The van der Waals surface area contributed by atoms with Gasteiger partial charge in [0.2, 0.25) is 5.96 Å². The van der Waals surface area contributed by atoms with Gasteiger partial charge >= 0.3 is 0 Å². The van der Waals surface area contributed by atoms with E-state index in [9.17, 15) is 5.26 Å². The smallest absolute Gasteiger partial charge is 0.211 e. The SMILES string of the molecule is Cc1cccc(COc2ccccc2C2N=C(NC#N)Nc3nc(N)c(C#N)c(N)c32)c1. The van der Waals surface area contributed by atoms with Gasteiger partial charge in [-0.05, 0) is 18.6 Å². The van der Waals surface area contributed by atoms with Crippen molar-refractivity contribution in [3.05, 3.63) is 76.3 Å². The number of aryl methyl sites for hydroxylation is 1. The number of hydrogen-bond donors (Lipinski definition) is 4. The van der Waals surface area contributed by atoms with Gasteiger partial charge in [0.15, 0.2) is 6.19 Å². The van der Waals surface area contributed by atoms with E-state index in [2.05, 4.69) is 26.7 Å². The first-order chi connectivity index (χ1) is 15.5. The molecule has 2 heterocycles. The Bertz CT molecular complexity index is 1300. The summed E-state index contributed by atoms with van der Waals surface area (Å²) in [5.74, 6) is 1.11. The van der Waals surface area contributed by atoms with E-state index in [0.29, 0.717) is 29.3 Å². The predicted molar refractivity (Wildman–Crippen MR) is 121 cm³/mol. The summed E-state index contributed by atoms with van der Waals surface area (Å²) in [6, 6.07) is 16.8. The molecule has 1 aliphatic heterocycles. The van der Waals surface area contributed by atoms with Crippen molar-refractivity contribution in [3.8, 4) is 18.0 Å². The molecule has 1 aliphatic rings. The Morgan fingerprint density at radius 2 is 1.97 bits per heavy atom. The summed E-state index contributed by atoms with van der Waals surface area (Å²) in [6.07, 6.45) is 1.84. The highest BCUT2D eigenvalue weighted by Crippen LogP contribution is 2.43. The highest BCUT2D eigenvalue weighted by atomic mass is 16.5. The number of pyridine rings is 1. The number of benzene rings is 2. The number of nitrogens with zero attached hydrogens (tertiary/aromatic N) is 4. The number of nitrogens with two attached hydrogens (primary N) is 2. The molecule has 0 radical (unpaired) electrons. The third-order valence-corrected chi connectivity index (χ3v) is 5.05. The fourth-order valence-corrected chi connectivity index (χ4v) is 3.61. The number of anilines is 3. The highest BCUT2D eigenvalue weighted by Gasteiger charge is 2.31. The van der Waals surface area contributed by atoms with Gasteiger partial charge in [-0.25, -0.2) is 9.98 Å². The molecule has 0 bridgehead atoms. The lowest BCUT2D eigenvalue weighted by Gasteiger charge is -2.27. The number of hydrogen-bond acceptors (Lipinski definition) is 9. The standard InChI is InChI=1S/C23H20N8O/c1-13-5-4-6-14(9-13)11-32-17-8-3-2-7-15(17)20-18-19(26)16(10-24)21(27)30-22(18)31-23(29-20)28-12-25/h2-9,20H,11H2,1H3,(H6,26,27,28,29,30,31). The largest absolute Gasteiger partial charge is 0.489 e. The lowest BCUT2D eigenvalue weighted by Crippen LogP contribution is -2.32. The van der Waals surface area contributed by atoms with Gasteiger partial charge in [0.25, 0.3) is 0 Å². The fourth-order valence-electron chi connectivity index (χ4n) is 3.61. The van der Waals surface area contributed by atoms with E-state index in [0.717, 1.165) is 11.1 Å². The van der Waals surface area contributed by atoms with Crippen LogP contribution in [0.2, 0.25) is 0 Å². The maximum Gasteiger partial charge on any atom is 0.211 e. The van der Waals surface area contributed by atoms with E-state index in [-0.39, 0.29) is 23.0 Å². The van der Waals surface area contributed by atoms with Crippen molar-refractivity contribution < 1.29 is 4.74 Å². The molecular formula is C23H20N8O. The van der Waals surface area contributed by atoms with Crippen LogP contribution in [0, 0.1) is 29.7 Å². The van der Waals surface area contributed by atoms with Gasteiger partial charge in [0, 0.05) is 11.1 Å². The summed E-state index contributed by atoms with van der Waals surface area (Å²) < 4.78 is 6.14. The Balaban J connectivity index is 1.79. The minimum atomic E-state index is -0.670. The number of nitrogen functional groups attached to an aromatic ring is 2. The number of aromatic nitrogens is 1. The summed E-state index contributed by atoms with van der Waals surface area (Å²) in [6.45, 7) is 2.39. The van der Waals surface area contributed by atoms with Gasteiger partial charge in [-0.3, -0.25) is 5.32 Å². The maximum atomic E-state index is 9.49. The molecule has 1 aromatic heterocycles. The zero-order valence-corrected chi connectivity index (χ0v) is 17.3. The van der Waals surface area contributed by atoms with Crippen molar-refractivity contribution in [2.75, 3.05) is 16.8 Å². The minimum absolute atomic E-state index is 0.00260. The normalized spacial score (nSPS) is 14.2. The Morgan fingerprint density at radius 1 is 1.16 bits per heavy atom. The Hall–Kier alpha value is -4.76. The number of nitrogens with one attached hydrogen (secondary N) is 2. The minimum Gasteiger partial charge on any atom is -0.489 e. The molecule has 1 atom stereocenters. The average molecular weight is 424 g/mol. The van der Waals surface area contributed by atoms with Gasteiger partial charge in [0.05, 0.1) is 5.69 Å². The van der Waals surface area contributed by atoms with Crippen molar-refractivity contribution in [2.24, 2.45) is 4.99 Å². The predicted octanol–water partition coefficient (Wildman–Crippen LogP) is 2.95. The topological polar surface area (TPSA) is 158 Å². The molecule has 4 rings (SSSR count). The van der Waals surface area contributed by atoms with Crippen molar-refractivity contribution in [1.82, 2.24) is 10.3 Å². The third-order valence-electron chi connectivity index (χ3n) is 5.05. The van der Waals surface area contributed by atoms with E-state index >= 15 is 0 Å². The molecule has 9 heteroatoms. The molecular weight excluding hydrogens is 404 g/mol. The van der Waals surface area contributed by atoms with Crippen molar-refractivity contribution in [1.29, 1.82) is 10.5 Å².